The minimum atomic E-state index is -0.435. The zero-order valence-corrected chi connectivity index (χ0v) is 23.6. The lowest BCUT2D eigenvalue weighted by molar-refractivity contribution is -0.116. The van der Waals surface area contributed by atoms with E-state index in [1.165, 1.54) is 12.7 Å². The van der Waals surface area contributed by atoms with Gasteiger partial charge in [0.2, 0.25) is 0 Å². The molecule has 200 valence electrons. The number of nitrogens with one attached hydrogen (secondary N) is 1. The Bertz CT molecular complexity index is 1250. The molecular weight excluding hydrogens is 492 g/mol. The monoisotopic (exact) mass is 528 g/mol. The Hall–Kier alpha value is -3.06. The molecule has 7 nitrogen and oxygen atoms in total. The van der Waals surface area contributed by atoms with Gasteiger partial charge in [0.15, 0.2) is 11.5 Å². The zero-order valence-electron chi connectivity index (χ0n) is 22.7. The van der Waals surface area contributed by atoms with Crippen LogP contribution in [0.15, 0.2) is 29.3 Å². The quantitative estimate of drug-likeness (QED) is 0.451. The van der Waals surface area contributed by atoms with Crippen molar-refractivity contribution < 1.29 is 23.8 Å². The number of ketones is 1. The molecule has 1 N–H and O–H groups in total. The van der Waals surface area contributed by atoms with Crippen LogP contribution in [-0.4, -0.2) is 48.9 Å². The van der Waals surface area contributed by atoms with Gasteiger partial charge >= 0.3 is 5.97 Å². The van der Waals surface area contributed by atoms with Crippen molar-refractivity contribution in [2.24, 2.45) is 4.99 Å². The van der Waals surface area contributed by atoms with E-state index in [0.29, 0.717) is 30.8 Å². The van der Waals surface area contributed by atoms with Crippen molar-refractivity contribution >= 4 is 35.6 Å². The molecule has 0 atom stereocenters. The van der Waals surface area contributed by atoms with Gasteiger partial charge in [0, 0.05) is 41.8 Å². The van der Waals surface area contributed by atoms with Crippen LogP contribution in [0, 0.1) is 0 Å². The van der Waals surface area contributed by atoms with Crippen molar-refractivity contribution in [2.45, 2.75) is 71.9 Å². The van der Waals surface area contributed by atoms with Gasteiger partial charge in [0.05, 0.1) is 30.5 Å². The number of ether oxygens (including phenoxy) is 3. The van der Waals surface area contributed by atoms with Gasteiger partial charge in [-0.1, -0.05) is 6.07 Å². The van der Waals surface area contributed by atoms with E-state index in [2.05, 4.69) is 39.1 Å². The first-order valence-electron chi connectivity index (χ1n) is 12.5. The molecule has 2 heterocycles. The number of halogens is 1. The molecule has 0 radical (unpaired) electrons. The summed E-state index contributed by atoms with van der Waals surface area (Å²) in [5, 5.41) is 3.25. The van der Waals surface area contributed by atoms with E-state index in [0.717, 1.165) is 46.7 Å². The van der Waals surface area contributed by atoms with Crippen molar-refractivity contribution in [3.8, 4) is 11.5 Å². The first-order valence-corrected chi connectivity index (χ1v) is 12.5. The van der Waals surface area contributed by atoms with Gasteiger partial charge in [-0.15, -0.1) is 12.4 Å². The maximum atomic E-state index is 12.5. The molecule has 2 aromatic carbocycles. The molecule has 2 aliphatic heterocycles. The standard InChI is InChI=1S/C29H36N2O5.ClH/c1-8-35-23-14-19-15-28(3,4)31-25(24(19)21-16-29(5,6)36-26(21)23)18-9-10-20(27(33)34-7)22(13-18)30-12-11-17(2)32;/h9-10,13-14,30H,8,11-12,15-16H2,1-7H3;1H. The summed E-state index contributed by atoms with van der Waals surface area (Å²) in [6.07, 6.45) is 1.89. The third-order valence-electron chi connectivity index (χ3n) is 6.47. The second kappa shape index (κ2) is 10.7. The molecule has 0 bridgehead atoms. The lowest BCUT2D eigenvalue weighted by Crippen LogP contribution is -2.30. The van der Waals surface area contributed by atoms with Crippen molar-refractivity contribution in [2.75, 3.05) is 25.6 Å². The van der Waals surface area contributed by atoms with Crippen LogP contribution in [0.4, 0.5) is 5.69 Å². The minimum absolute atomic E-state index is 0. The number of carbonyl (C=O) groups is 2. The van der Waals surface area contributed by atoms with Gasteiger partial charge in [0.25, 0.3) is 0 Å². The number of fused-ring (bicyclic) bond motifs is 3. The number of methoxy groups -OCH3 is 1. The molecule has 2 aliphatic rings. The second-order valence-electron chi connectivity index (χ2n) is 10.8. The minimum Gasteiger partial charge on any atom is -0.490 e. The third-order valence-corrected chi connectivity index (χ3v) is 6.47. The smallest absolute Gasteiger partial charge is 0.339 e. The summed E-state index contributed by atoms with van der Waals surface area (Å²) < 4.78 is 17.4. The summed E-state index contributed by atoms with van der Waals surface area (Å²) in [5.74, 6) is 1.21. The topological polar surface area (TPSA) is 86.2 Å². The summed E-state index contributed by atoms with van der Waals surface area (Å²) in [6.45, 7) is 12.9. The van der Waals surface area contributed by atoms with Gasteiger partial charge in [0.1, 0.15) is 11.4 Å². The molecule has 0 amide bonds. The van der Waals surface area contributed by atoms with Crippen LogP contribution in [0.3, 0.4) is 0 Å². The molecule has 0 unspecified atom stereocenters. The van der Waals surface area contributed by atoms with Crippen LogP contribution in [0.5, 0.6) is 11.5 Å². The Morgan fingerprint density at radius 3 is 2.51 bits per heavy atom. The first-order chi connectivity index (χ1) is 16.9. The van der Waals surface area contributed by atoms with E-state index in [1.807, 2.05) is 19.1 Å². The number of hydrogen-bond acceptors (Lipinski definition) is 7. The first kappa shape index (κ1) is 28.5. The van der Waals surface area contributed by atoms with E-state index in [9.17, 15) is 9.59 Å². The fourth-order valence-electron chi connectivity index (χ4n) is 5.04. The maximum Gasteiger partial charge on any atom is 0.339 e. The molecule has 0 aromatic heterocycles. The van der Waals surface area contributed by atoms with Crippen LogP contribution >= 0.6 is 12.4 Å². The molecule has 0 spiro atoms. The second-order valence-corrected chi connectivity index (χ2v) is 10.8. The zero-order chi connectivity index (χ0) is 26.3. The average Bonchev–Trinajstić information content (AvgIpc) is 3.12. The van der Waals surface area contributed by atoms with Crippen molar-refractivity contribution in [3.63, 3.8) is 0 Å². The average molecular weight is 529 g/mol. The van der Waals surface area contributed by atoms with Crippen LogP contribution < -0.4 is 14.8 Å². The molecular formula is C29H37ClN2O5. The number of anilines is 1. The van der Waals surface area contributed by atoms with Gasteiger partial charge < -0.3 is 19.5 Å². The van der Waals surface area contributed by atoms with Crippen LogP contribution in [0.2, 0.25) is 0 Å². The highest BCUT2D eigenvalue weighted by molar-refractivity contribution is 6.17. The number of aliphatic imine (C=N–C) groups is 1. The molecule has 0 fully saturated rings. The summed E-state index contributed by atoms with van der Waals surface area (Å²) >= 11 is 0. The Morgan fingerprint density at radius 1 is 1.14 bits per heavy atom. The molecule has 8 heteroatoms. The number of hydrogen-bond donors (Lipinski definition) is 1. The van der Waals surface area contributed by atoms with Crippen molar-refractivity contribution in [3.05, 3.63) is 52.1 Å². The van der Waals surface area contributed by atoms with Gasteiger partial charge in [-0.3, -0.25) is 9.79 Å². The Balaban J connectivity index is 0.00000380. The van der Waals surface area contributed by atoms with E-state index in [1.54, 1.807) is 13.0 Å². The number of esters is 1. The number of carbonyl (C=O) groups excluding carboxylic acids is 2. The van der Waals surface area contributed by atoms with E-state index < -0.39 is 5.97 Å². The Morgan fingerprint density at radius 2 is 1.86 bits per heavy atom. The fraction of sp³-hybridized carbons (Fsp3) is 0.483. The summed E-state index contributed by atoms with van der Waals surface area (Å²) in [7, 11) is 1.36. The molecule has 0 saturated heterocycles. The normalized spacial score (nSPS) is 16.4. The number of nitrogens with zero attached hydrogens (tertiary/aromatic N) is 1. The maximum absolute atomic E-state index is 12.5. The summed E-state index contributed by atoms with van der Waals surface area (Å²) in [5.41, 5.74) is 5.49. The molecule has 2 aromatic rings. The lowest BCUT2D eigenvalue weighted by atomic mass is 9.80. The van der Waals surface area contributed by atoms with Crippen LogP contribution in [0.25, 0.3) is 0 Å². The van der Waals surface area contributed by atoms with E-state index in [4.69, 9.17) is 19.2 Å². The van der Waals surface area contributed by atoms with Crippen molar-refractivity contribution in [1.82, 2.24) is 0 Å². The van der Waals surface area contributed by atoms with Gasteiger partial charge in [-0.05, 0) is 71.7 Å². The SMILES string of the molecule is CCOc1cc2c(c3c1OC(C)(C)C3)C(c1ccc(C(=O)OC)c(NCCC(C)=O)c1)=NC(C)(C)C2.Cl. The third kappa shape index (κ3) is 5.93. The fourth-order valence-corrected chi connectivity index (χ4v) is 5.04. The highest BCUT2D eigenvalue weighted by Crippen LogP contribution is 2.48. The van der Waals surface area contributed by atoms with Crippen molar-refractivity contribution in [1.29, 1.82) is 0 Å². The number of benzene rings is 2. The Labute approximate surface area is 225 Å². The Kier molecular flexibility index (Phi) is 8.27. The summed E-state index contributed by atoms with van der Waals surface area (Å²) in [6, 6.07) is 7.71. The highest BCUT2D eigenvalue weighted by Gasteiger charge is 2.40. The van der Waals surface area contributed by atoms with Gasteiger partial charge in [-0.2, -0.15) is 0 Å². The summed E-state index contributed by atoms with van der Waals surface area (Å²) in [4.78, 5) is 29.1. The largest absolute Gasteiger partial charge is 0.490 e. The number of rotatable bonds is 8. The van der Waals surface area contributed by atoms with E-state index in [-0.39, 0.29) is 29.3 Å². The molecule has 4 rings (SSSR count). The predicted molar refractivity (Wildman–Crippen MR) is 148 cm³/mol. The molecule has 0 aliphatic carbocycles. The predicted octanol–water partition coefficient (Wildman–Crippen LogP) is 5.57. The number of Topliss-reactive ketones (excluding diaryl/α,β-unsaturated/α-hetero) is 1. The van der Waals surface area contributed by atoms with Gasteiger partial charge in [-0.25, -0.2) is 4.79 Å². The van der Waals surface area contributed by atoms with E-state index >= 15 is 0 Å². The van der Waals surface area contributed by atoms with Crippen LogP contribution in [0.1, 0.15) is 80.6 Å². The molecule has 0 saturated carbocycles. The molecule has 37 heavy (non-hydrogen) atoms. The highest BCUT2D eigenvalue weighted by atomic mass is 35.5. The van der Waals surface area contributed by atoms with Crippen LogP contribution in [-0.2, 0) is 22.4 Å². The lowest BCUT2D eigenvalue weighted by Gasteiger charge is -2.31.